The van der Waals surface area contributed by atoms with Gasteiger partial charge in [0.05, 0.1) is 29.6 Å². The van der Waals surface area contributed by atoms with Crippen molar-refractivity contribution in [2.24, 2.45) is 0 Å². The minimum atomic E-state index is 0.0995. The van der Waals surface area contributed by atoms with Gasteiger partial charge >= 0.3 is 0 Å². The minimum Gasteiger partial charge on any atom is -0.273 e. The predicted octanol–water partition coefficient (Wildman–Crippen LogP) is -10.4. The third kappa shape index (κ3) is 44.7. The highest BCUT2D eigenvalue weighted by atomic mass is 15.3. The van der Waals surface area contributed by atoms with Crippen molar-refractivity contribution in [3.63, 3.8) is 0 Å². The molecule has 11 rings (SSSR count). The zero-order chi connectivity index (χ0) is 56.2. The summed E-state index contributed by atoms with van der Waals surface area (Å²) in [5, 5.41) is 40.9. The largest absolute Gasteiger partial charge is 0.273 e. The maximum Gasteiger partial charge on any atom is 0.175 e. The first-order valence-electron chi connectivity index (χ1n) is 20.5. The van der Waals surface area contributed by atoms with Gasteiger partial charge in [0.15, 0.2) is 37.7 Å². The third-order valence-corrected chi connectivity index (χ3v) is 6.19. The first-order valence-corrected chi connectivity index (χ1v) is 20.5. The molecule has 11 aromatic rings. The lowest BCUT2D eigenvalue weighted by atomic mass is 10.00. The molecule has 0 saturated heterocycles. The van der Waals surface area contributed by atoms with Gasteiger partial charge < -0.3 is 0 Å². The van der Waals surface area contributed by atoms with Gasteiger partial charge in [-0.2, -0.15) is 25.5 Å². The molecule has 0 atom stereocenters. The van der Waals surface area contributed by atoms with E-state index in [9.17, 15) is 0 Å². The Balaban J connectivity index is 0.000000423. The zero-order valence-corrected chi connectivity index (χ0v) is 40.2. The van der Waals surface area contributed by atoms with E-state index in [2.05, 4.69) is 131 Å². The Morgan fingerprint density at radius 2 is 0.779 bits per heavy atom. The summed E-state index contributed by atoms with van der Waals surface area (Å²) in [6.07, 6.45) is 29.7. The highest BCUT2D eigenvalue weighted by Crippen LogP contribution is 1.72. The molecule has 26 nitrogen and oxygen atoms in total. The van der Waals surface area contributed by atoms with Gasteiger partial charge in [-0.1, -0.05) is 23.7 Å². The SMILES string of the molecule is [B]c1ccccn1.[B]c1cccnc1.[B]c1cccnn1.[B]c1ccncn1.[B]c1cnccn1.[B]c1cncnn1.[B]c1cnncn1.[B]c1ncccn1.[B]c1nccnn1.[B]c1ncncn1.[B]c1nncnn1. The summed E-state index contributed by atoms with van der Waals surface area (Å²) >= 11 is 0. The summed E-state index contributed by atoms with van der Waals surface area (Å²) in [5.74, 6) is 0. The first-order chi connectivity index (χ1) is 37.3. The van der Waals surface area contributed by atoms with Crippen LogP contribution in [0.25, 0.3) is 0 Å². The summed E-state index contributed by atoms with van der Waals surface area (Å²) in [4.78, 5) is 50.9. The van der Waals surface area contributed by atoms with Gasteiger partial charge in [0.1, 0.15) is 92.3 Å². The Kier molecular flexibility index (Phi) is 39.1. The maximum atomic E-state index is 5.30. The predicted molar refractivity (Wildman–Crippen MR) is 293 cm³/mol. The summed E-state index contributed by atoms with van der Waals surface area (Å²) < 4.78 is 0. The van der Waals surface area contributed by atoms with Crippen molar-refractivity contribution < 1.29 is 0 Å². The lowest BCUT2D eigenvalue weighted by Gasteiger charge is -1.82. The number of rotatable bonds is 0. The second kappa shape index (κ2) is 46.1. The number of nitrogens with zero attached hydrogens (tertiary/aromatic N) is 26. The van der Waals surface area contributed by atoms with E-state index in [1.165, 1.54) is 68.9 Å². The molecular formula is C40H29B11N26. The van der Waals surface area contributed by atoms with E-state index in [0.717, 1.165) is 0 Å². The molecular weight excluding hydrogens is 964 g/mol. The van der Waals surface area contributed by atoms with Crippen LogP contribution < -0.4 is 61.9 Å². The average molecular weight is 993 g/mol. The molecule has 0 aliphatic rings. The van der Waals surface area contributed by atoms with Crippen molar-refractivity contribution in [2.75, 3.05) is 0 Å². The second-order valence-electron chi connectivity index (χ2n) is 12.0. The minimum absolute atomic E-state index is 0.0995. The Hall–Kier alpha value is -9.69. The number of aromatic nitrogens is 26. The van der Waals surface area contributed by atoms with E-state index in [1.54, 1.807) is 98.2 Å². The lowest BCUT2D eigenvalue weighted by molar-refractivity contribution is 0.888. The maximum absolute atomic E-state index is 5.30. The third-order valence-electron chi connectivity index (χ3n) is 6.19. The van der Waals surface area contributed by atoms with Crippen LogP contribution in [0.4, 0.5) is 0 Å². The molecule has 0 amide bonds. The molecule has 0 unspecified atom stereocenters. The fraction of sp³-hybridized carbons (Fsp3) is 0. The summed E-state index contributed by atoms with van der Waals surface area (Å²) in [5.41, 5.74) is 4.35. The first kappa shape index (κ1) is 65.3. The van der Waals surface area contributed by atoms with Crippen LogP contribution >= 0.6 is 0 Å². The van der Waals surface area contributed by atoms with E-state index in [4.69, 9.17) is 86.3 Å². The van der Waals surface area contributed by atoms with E-state index in [1.807, 2.05) is 12.1 Å². The molecule has 77 heavy (non-hydrogen) atoms. The van der Waals surface area contributed by atoms with Gasteiger partial charge in [-0.05, 0) is 47.6 Å². The Labute approximate surface area is 456 Å². The quantitative estimate of drug-likeness (QED) is 0.127. The number of hydrogen-bond donors (Lipinski definition) is 0. The highest BCUT2D eigenvalue weighted by Gasteiger charge is 1.81. The van der Waals surface area contributed by atoms with Gasteiger partial charge in [0.25, 0.3) is 0 Å². The van der Waals surface area contributed by atoms with Crippen LogP contribution in [0.1, 0.15) is 0 Å². The van der Waals surface area contributed by atoms with Crippen molar-refractivity contribution in [1.82, 2.24) is 131 Å². The molecule has 0 aromatic carbocycles. The van der Waals surface area contributed by atoms with E-state index in [-0.39, 0.29) is 17.2 Å². The average Bonchev–Trinajstić information content (AvgIpc) is 3.45. The summed E-state index contributed by atoms with van der Waals surface area (Å²) in [6.45, 7) is 0. The second-order valence-corrected chi connectivity index (χ2v) is 12.0. The molecule has 352 valence electrons. The van der Waals surface area contributed by atoms with Gasteiger partial charge in [-0.3, -0.25) is 39.9 Å². The van der Waals surface area contributed by atoms with Gasteiger partial charge in [-0.15, -0.1) is 35.7 Å². The smallest absolute Gasteiger partial charge is 0.175 e. The Morgan fingerprint density at radius 1 is 0.221 bits per heavy atom. The lowest BCUT2D eigenvalue weighted by Crippen LogP contribution is -2.15. The van der Waals surface area contributed by atoms with Crippen LogP contribution in [0.2, 0.25) is 0 Å². The normalized spacial score (nSPS) is 8.57. The summed E-state index contributed by atoms with van der Waals surface area (Å²) in [6, 6.07) is 15.8. The van der Waals surface area contributed by atoms with Crippen molar-refractivity contribution >= 4 is 148 Å². The molecule has 0 saturated carbocycles. The molecule has 22 radical (unpaired) electrons. The van der Waals surface area contributed by atoms with Crippen LogP contribution in [-0.4, -0.2) is 217 Å². The Morgan fingerprint density at radius 3 is 1.06 bits per heavy atom. The molecule has 11 aromatic heterocycles. The monoisotopic (exact) mass is 994 g/mol. The summed E-state index contributed by atoms with van der Waals surface area (Å²) in [7, 11) is 56.7. The molecule has 0 aliphatic heterocycles. The topological polar surface area (TPSA) is 335 Å². The molecule has 0 aliphatic carbocycles. The van der Waals surface area contributed by atoms with Crippen LogP contribution in [0, 0.1) is 0 Å². The fourth-order valence-corrected chi connectivity index (χ4v) is 3.21. The highest BCUT2D eigenvalue weighted by molar-refractivity contribution is 6.33. The molecule has 0 N–H and O–H groups in total. The fourth-order valence-electron chi connectivity index (χ4n) is 3.21. The van der Waals surface area contributed by atoms with Crippen LogP contribution in [0.5, 0.6) is 0 Å². The van der Waals surface area contributed by atoms with Gasteiger partial charge in [0, 0.05) is 96.7 Å². The van der Waals surface area contributed by atoms with Crippen LogP contribution in [-0.2, 0) is 0 Å². The zero-order valence-electron chi connectivity index (χ0n) is 40.2. The van der Waals surface area contributed by atoms with Crippen molar-refractivity contribution in [2.45, 2.75) is 0 Å². The number of pyridine rings is 2. The van der Waals surface area contributed by atoms with E-state index in [0.29, 0.717) is 44.7 Å². The van der Waals surface area contributed by atoms with Crippen molar-refractivity contribution in [3.05, 3.63) is 179 Å². The molecule has 11 heterocycles. The van der Waals surface area contributed by atoms with Gasteiger partial charge in [-0.25, -0.2) is 29.9 Å². The van der Waals surface area contributed by atoms with Crippen molar-refractivity contribution in [1.29, 1.82) is 0 Å². The van der Waals surface area contributed by atoms with E-state index >= 15 is 0 Å². The standard InChI is InChI=1S/2C5H4BN.4C4H3BN2.4C3H2BN3.C2HBN4/c6-5-2-1-3-7-4-5;6-5-3-1-2-4-7-5;5-4-3-6-1-2-7-4;5-4-1-2-6-3-7-4;5-4-6-2-1-3-7-4;5-4-2-1-3-6-7-4;4-3-6-1-5-2-7-3;4-3-1-6-7-2-5-3;4-3-1-5-2-6-7-3;4-3-5-1-2-6-7-3;3-2-6-4-1-5-7-2/h2*1-4H;4*1-3H;4*1-2H;1H. The molecule has 0 fully saturated rings. The molecule has 0 spiro atoms. The molecule has 0 bridgehead atoms. The van der Waals surface area contributed by atoms with E-state index < -0.39 is 0 Å². The Bertz CT molecular complexity index is 2250. The van der Waals surface area contributed by atoms with Gasteiger partial charge in [0.2, 0.25) is 0 Å². The van der Waals surface area contributed by atoms with Crippen LogP contribution in [0.3, 0.4) is 0 Å². The number of hydrogen-bond acceptors (Lipinski definition) is 26. The van der Waals surface area contributed by atoms with Crippen molar-refractivity contribution in [3.8, 4) is 0 Å². The molecule has 37 heteroatoms. The van der Waals surface area contributed by atoms with Crippen LogP contribution in [0.15, 0.2) is 179 Å².